The number of aliphatic hydroxyl groups excluding tert-OH is 1. The topological polar surface area (TPSA) is 112 Å². The number of nitriles is 1. The Labute approximate surface area is 228 Å². The Morgan fingerprint density at radius 3 is 2.56 bits per heavy atom. The molecule has 0 radical (unpaired) electrons. The summed E-state index contributed by atoms with van der Waals surface area (Å²) in [6.07, 6.45) is 4.83. The average molecular weight is 525 g/mol. The lowest BCUT2D eigenvalue weighted by Gasteiger charge is -2.32. The van der Waals surface area contributed by atoms with Gasteiger partial charge in [0.2, 0.25) is 0 Å². The van der Waals surface area contributed by atoms with Crippen molar-refractivity contribution >= 4 is 30.1 Å². The second-order valence-electron chi connectivity index (χ2n) is 11.8. The molecule has 1 aliphatic carbocycles. The Bertz CT molecular complexity index is 1550. The number of aromatic nitrogens is 4. The molecule has 1 saturated carbocycles. The van der Waals surface area contributed by atoms with E-state index >= 15 is 0 Å². The molecule has 5 rings (SSSR count). The van der Waals surface area contributed by atoms with Gasteiger partial charge in [0.05, 0.1) is 40.5 Å². The Morgan fingerprint density at radius 2 is 1.95 bits per heavy atom. The van der Waals surface area contributed by atoms with Crippen LogP contribution < -0.4 is 10.6 Å². The van der Waals surface area contributed by atoms with Crippen molar-refractivity contribution in [1.29, 1.82) is 5.26 Å². The fourth-order valence-corrected chi connectivity index (χ4v) is 4.73. The molecule has 2 atom stereocenters. The third-order valence-electron chi connectivity index (χ3n) is 7.13. The predicted octanol–water partition coefficient (Wildman–Crippen LogP) is 4.63. The Hall–Kier alpha value is -3.97. The molecule has 3 N–H and O–H groups in total. The minimum Gasteiger partial charge on any atom is -0.389 e. The summed E-state index contributed by atoms with van der Waals surface area (Å²) in [5, 5.41) is 37.3. The molecule has 39 heavy (non-hydrogen) atoms. The van der Waals surface area contributed by atoms with Crippen LogP contribution in [0.1, 0.15) is 75.1 Å². The molecule has 200 valence electrons. The number of hydrogen-bond donors (Lipinski definition) is 3. The maximum absolute atomic E-state index is 13.9. The Morgan fingerprint density at radius 1 is 1.23 bits per heavy atom. The van der Waals surface area contributed by atoms with Gasteiger partial charge in [-0.25, -0.2) is 9.07 Å². The normalized spacial score (nSPS) is 15.9. The molecule has 0 amide bonds. The maximum atomic E-state index is 13.9. The van der Waals surface area contributed by atoms with Gasteiger partial charge in [0.15, 0.2) is 0 Å². The summed E-state index contributed by atoms with van der Waals surface area (Å²) in [5.41, 5.74) is 3.64. The van der Waals surface area contributed by atoms with Gasteiger partial charge in [-0.15, -0.1) is 5.10 Å². The molecule has 0 saturated heterocycles. The van der Waals surface area contributed by atoms with Gasteiger partial charge in [0.25, 0.3) is 0 Å². The third-order valence-corrected chi connectivity index (χ3v) is 7.13. The molecule has 4 aromatic rings. The van der Waals surface area contributed by atoms with Gasteiger partial charge in [-0.2, -0.15) is 5.26 Å². The number of anilines is 2. The van der Waals surface area contributed by atoms with Crippen molar-refractivity contribution in [3.05, 3.63) is 77.0 Å². The molecule has 0 spiro atoms. The molecule has 2 aromatic heterocycles. The summed E-state index contributed by atoms with van der Waals surface area (Å²) in [6, 6.07) is 12.8. The third kappa shape index (κ3) is 5.45. The van der Waals surface area contributed by atoms with E-state index in [2.05, 4.69) is 52.8 Å². The number of nitrogens with zero attached hydrogens (tertiary/aromatic N) is 5. The van der Waals surface area contributed by atoms with E-state index < -0.39 is 11.5 Å². The van der Waals surface area contributed by atoms with Gasteiger partial charge in [0, 0.05) is 29.4 Å². The highest BCUT2D eigenvalue weighted by Gasteiger charge is 2.34. The number of hydrogen-bond acceptors (Lipinski definition) is 7. The van der Waals surface area contributed by atoms with Gasteiger partial charge in [-0.3, -0.25) is 4.98 Å². The molecule has 10 heteroatoms. The van der Waals surface area contributed by atoms with E-state index in [9.17, 15) is 14.8 Å². The number of nitrogens with one attached hydrogen (secondary N) is 2. The van der Waals surface area contributed by atoms with E-state index in [1.165, 1.54) is 12.1 Å². The maximum Gasteiger partial charge on any atom is 0.148 e. The second-order valence-corrected chi connectivity index (χ2v) is 11.8. The summed E-state index contributed by atoms with van der Waals surface area (Å²) in [6.45, 7) is 8.69. The van der Waals surface area contributed by atoms with Crippen molar-refractivity contribution in [2.24, 2.45) is 5.41 Å². The zero-order chi connectivity index (χ0) is 27.9. The highest BCUT2D eigenvalue weighted by Crippen LogP contribution is 2.38. The lowest BCUT2D eigenvalue weighted by Crippen LogP contribution is -2.38. The summed E-state index contributed by atoms with van der Waals surface area (Å²) in [4.78, 5) is 4.55. The first-order valence-corrected chi connectivity index (χ1v) is 13.2. The first-order valence-electron chi connectivity index (χ1n) is 13.2. The molecular formula is C29H33BFN7O. The monoisotopic (exact) mass is 525 g/mol. The van der Waals surface area contributed by atoms with Gasteiger partial charge in [-0.05, 0) is 55.0 Å². The summed E-state index contributed by atoms with van der Waals surface area (Å²) < 4.78 is 15.8. The standard InChI is InChI=1S/C29H33BFN7O/c1-17(39)23-11-21(12-24-26(34-16-28(2,3)4)18(13-32)14-33-27(23)24)35-29(30,19-5-7-20(31)8-6-19)25-15-38(37-36-25)22-9-10-22/h5-8,11-12,14-15,17,22,35,39H,9-10,16,30H2,1-4H3,(H,33,34). The van der Waals surface area contributed by atoms with Gasteiger partial charge >= 0.3 is 0 Å². The van der Waals surface area contributed by atoms with Crippen molar-refractivity contribution in [3.63, 3.8) is 0 Å². The minimum atomic E-state index is -0.871. The van der Waals surface area contributed by atoms with E-state index in [0.29, 0.717) is 46.3 Å². The molecule has 8 nitrogen and oxygen atoms in total. The molecule has 0 aliphatic heterocycles. The highest BCUT2D eigenvalue weighted by molar-refractivity contribution is 6.19. The van der Waals surface area contributed by atoms with Crippen LogP contribution in [-0.4, -0.2) is 39.5 Å². The van der Waals surface area contributed by atoms with E-state index in [-0.39, 0.29) is 11.2 Å². The lowest BCUT2D eigenvalue weighted by atomic mass is 9.69. The fourth-order valence-electron chi connectivity index (χ4n) is 4.73. The van der Waals surface area contributed by atoms with Gasteiger partial charge in [-0.1, -0.05) is 38.1 Å². The zero-order valence-corrected chi connectivity index (χ0v) is 23.0. The van der Waals surface area contributed by atoms with Gasteiger partial charge in [0.1, 0.15) is 25.4 Å². The lowest BCUT2D eigenvalue weighted by molar-refractivity contribution is 0.200. The van der Waals surface area contributed by atoms with E-state index in [4.69, 9.17) is 0 Å². The number of halogens is 1. The minimum absolute atomic E-state index is 0.0280. The van der Waals surface area contributed by atoms with E-state index in [1.807, 2.05) is 30.9 Å². The number of aliphatic hydroxyl groups is 1. The molecule has 0 bridgehead atoms. The van der Waals surface area contributed by atoms with Crippen LogP contribution in [0.5, 0.6) is 0 Å². The Balaban J connectivity index is 1.67. The van der Waals surface area contributed by atoms with Crippen LogP contribution in [0.15, 0.2) is 48.8 Å². The average Bonchev–Trinajstić information content (AvgIpc) is 3.62. The van der Waals surface area contributed by atoms with Crippen molar-refractivity contribution in [2.45, 2.75) is 58.1 Å². The van der Waals surface area contributed by atoms with Crippen LogP contribution in [0, 0.1) is 22.6 Å². The molecule has 1 aliphatic rings. The summed E-state index contributed by atoms with van der Waals surface area (Å²) in [5.74, 6) is -0.325. The molecule has 2 heterocycles. The van der Waals surface area contributed by atoms with Crippen molar-refractivity contribution < 1.29 is 9.50 Å². The number of rotatable bonds is 8. The number of fused-ring (bicyclic) bond motifs is 1. The smallest absolute Gasteiger partial charge is 0.148 e. The molecule has 1 fully saturated rings. The van der Waals surface area contributed by atoms with Crippen molar-refractivity contribution in [2.75, 3.05) is 17.2 Å². The molecular weight excluding hydrogens is 492 g/mol. The SMILES string of the molecule is BC(Nc1cc(C(C)O)c2ncc(C#N)c(NCC(C)(C)C)c2c1)(c1ccc(F)cc1)c1cn(C2CC2)nn1. The molecule has 2 unspecified atom stereocenters. The quantitative estimate of drug-likeness (QED) is 0.288. The summed E-state index contributed by atoms with van der Waals surface area (Å²) in [7, 11) is 1.98. The van der Waals surface area contributed by atoms with E-state index in [0.717, 1.165) is 23.8 Å². The van der Waals surface area contributed by atoms with Crippen LogP contribution in [0.25, 0.3) is 10.9 Å². The van der Waals surface area contributed by atoms with E-state index in [1.54, 1.807) is 25.3 Å². The predicted molar refractivity (Wildman–Crippen MR) is 153 cm³/mol. The first kappa shape index (κ1) is 26.6. The Kier molecular flexibility index (Phi) is 6.81. The first-order chi connectivity index (χ1) is 18.5. The second kappa shape index (κ2) is 9.97. The van der Waals surface area contributed by atoms with Gasteiger partial charge < -0.3 is 15.7 Å². The zero-order valence-electron chi connectivity index (χ0n) is 23.0. The van der Waals surface area contributed by atoms with Crippen LogP contribution in [0.2, 0.25) is 0 Å². The highest BCUT2D eigenvalue weighted by atomic mass is 19.1. The molecule has 2 aromatic carbocycles. The van der Waals surface area contributed by atoms with Crippen LogP contribution in [0.4, 0.5) is 15.8 Å². The summed E-state index contributed by atoms with van der Waals surface area (Å²) >= 11 is 0. The fraction of sp³-hybridized carbons (Fsp3) is 0.379. The largest absolute Gasteiger partial charge is 0.389 e. The number of benzene rings is 2. The van der Waals surface area contributed by atoms with Crippen molar-refractivity contribution in [3.8, 4) is 6.07 Å². The van der Waals surface area contributed by atoms with Crippen molar-refractivity contribution in [1.82, 2.24) is 20.0 Å². The van der Waals surface area contributed by atoms with Crippen LogP contribution in [0.3, 0.4) is 0 Å². The van der Waals surface area contributed by atoms with Crippen LogP contribution >= 0.6 is 0 Å². The number of pyridine rings is 1. The van der Waals surface area contributed by atoms with Crippen LogP contribution in [-0.2, 0) is 5.44 Å².